The second kappa shape index (κ2) is 12.4. The molecule has 1 fully saturated rings. The van der Waals surface area contributed by atoms with E-state index in [0.717, 1.165) is 0 Å². The Morgan fingerprint density at radius 2 is 1.42 bits per heavy atom. The Morgan fingerprint density at radius 3 is 2.02 bits per heavy atom. The van der Waals surface area contributed by atoms with Gasteiger partial charge in [-0.2, -0.15) is 0 Å². The van der Waals surface area contributed by atoms with Crippen molar-refractivity contribution in [2.75, 3.05) is 0 Å². The molecule has 272 valence electrons. The first kappa shape index (κ1) is 39.9. The van der Waals surface area contributed by atoms with Crippen molar-refractivity contribution >= 4 is 32.3 Å². The standard InChI is InChI=1S/C29H39.C10H15.C6H5.CH3.CH2.2ClH.Zr/c1-17-9-10-27(3,4)24-12-19-11-20-13-26-25(15-23(20)22(19)14-21(17)24)28(5,6)16-18(2)29(26,7)8;1-8-5-6-9(7-8)10(2,3)4;1-2-4-6-5-3-1;;;;;/h10-13,16-17,21-23H,9,14-15H2,1-8H3;6-8H,1-4H3;1-5H;1H3;1H2;2*1H;. The second-order valence-corrected chi connectivity index (χ2v) is 35.4. The molecule has 1 saturated carbocycles. The van der Waals surface area contributed by atoms with Gasteiger partial charge in [-0.15, -0.1) is 24.8 Å². The fraction of sp³-hybridized carbons (Fsp3) is 0.553. The Labute approximate surface area is 319 Å². The normalized spacial score (nSPS) is 32.3. The molecule has 6 aliphatic rings. The van der Waals surface area contributed by atoms with E-state index in [4.69, 9.17) is 4.21 Å². The third-order valence-corrected chi connectivity index (χ3v) is 32.5. The van der Waals surface area contributed by atoms with Gasteiger partial charge in [0, 0.05) is 0 Å². The molecule has 6 atom stereocenters. The van der Waals surface area contributed by atoms with Crippen LogP contribution >= 0.6 is 24.8 Å². The SMILES string of the molecule is Cl.Cl.[CH2]=[Zr]([CH3])([C]1=CC(C(C)(C)C)=CC1C)([c]1ccccc1)[CH]1CC(C)C2CC3C(=CC4=CC5=C(CC43)C(C)(C)C=C(C)C5(C)C)C=C2C1(C)C. The monoisotopic (exact) mass is 790 g/mol. The predicted octanol–water partition coefficient (Wildman–Crippen LogP) is 13.4. The van der Waals surface area contributed by atoms with E-state index in [0.29, 0.717) is 33.2 Å². The third kappa shape index (κ3) is 5.63. The van der Waals surface area contributed by atoms with Gasteiger partial charge in [-0.3, -0.25) is 0 Å². The molecule has 0 aliphatic heterocycles. The van der Waals surface area contributed by atoms with Crippen LogP contribution in [0.4, 0.5) is 0 Å². The van der Waals surface area contributed by atoms with E-state index in [2.05, 4.69) is 155 Å². The number of allylic oxidation sites excluding steroid dienone is 14. The molecule has 6 aliphatic carbocycles. The molecule has 0 bridgehead atoms. The van der Waals surface area contributed by atoms with Crippen molar-refractivity contribution in [3.05, 3.63) is 109 Å². The third-order valence-electron chi connectivity index (χ3n) is 15.3. The van der Waals surface area contributed by atoms with E-state index in [1.165, 1.54) is 30.4 Å². The molecule has 6 unspecified atom stereocenters. The summed E-state index contributed by atoms with van der Waals surface area (Å²) in [5.41, 5.74) is 11.8. The van der Waals surface area contributed by atoms with Crippen LogP contribution in [-0.2, 0) is 18.3 Å². The summed E-state index contributed by atoms with van der Waals surface area (Å²) < 4.78 is 12.2. The van der Waals surface area contributed by atoms with Gasteiger partial charge in [0.2, 0.25) is 0 Å². The zero-order chi connectivity index (χ0) is 35.0. The zero-order valence-corrected chi connectivity index (χ0v) is 37.6. The quantitative estimate of drug-likeness (QED) is 0.268. The van der Waals surface area contributed by atoms with E-state index < -0.39 is 18.3 Å². The number of hydrogen-bond donors (Lipinski definition) is 0. The first-order valence-electron chi connectivity index (χ1n) is 19.2. The van der Waals surface area contributed by atoms with E-state index >= 15 is 0 Å². The Bertz CT molecular complexity index is 1870. The minimum absolute atomic E-state index is 0. The summed E-state index contributed by atoms with van der Waals surface area (Å²) in [6.07, 6.45) is 19.7. The van der Waals surface area contributed by atoms with Crippen LogP contribution in [0.1, 0.15) is 102 Å². The maximum atomic E-state index is 5.66. The minimum atomic E-state index is -4.17. The fourth-order valence-corrected chi connectivity index (χ4v) is 30.1. The van der Waals surface area contributed by atoms with Gasteiger partial charge in [0.15, 0.2) is 0 Å². The number of hydrogen-bond acceptors (Lipinski definition) is 0. The summed E-state index contributed by atoms with van der Waals surface area (Å²) in [6, 6.07) is 11.7. The summed E-state index contributed by atoms with van der Waals surface area (Å²) in [6.45, 7) is 29.6. The molecule has 0 N–H and O–H groups in total. The molecule has 0 amide bonds. The summed E-state index contributed by atoms with van der Waals surface area (Å²) in [4.78, 5) is 0. The number of rotatable bonds is 3. The van der Waals surface area contributed by atoms with Crippen molar-refractivity contribution in [2.45, 2.75) is 111 Å². The Kier molecular flexibility index (Phi) is 9.89. The fourth-order valence-electron chi connectivity index (χ4n) is 12.2. The molecule has 1 aromatic carbocycles. The zero-order valence-electron chi connectivity index (χ0n) is 33.5. The van der Waals surface area contributed by atoms with Crippen molar-refractivity contribution in [1.29, 1.82) is 0 Å². The number of halogens is 2. The van der Waals surface area contributed by atoms with Crippen molar-refractivity contribution in [2.24, 2.45) is 51.2 Å². The Hall–Kier alpha value is -1.27. The molecule has 0 aromatic heterocycles. The molecule has 0 radical (unpaired) electrons. The van der Waals surface area contributed by atoms with Crippen LogP contribution in [0.5, 0.6) is 0 Å². The van der Waals surface area contributed by atoms with Crippen LogP contribution in [0.2, 0.25) is 8.26 Å². The molecular weight excluding hydrogens is 727 g/mol. The van der Waals surface area contributed by atoms with Crippen molar-refractivity contribution in [1.82, 2.24) is 0 Å². The van der Waals surface area contributed by atoms with E-state index in [-0.39, 0.29) is 46.5 Å². The van der Waals surface area contributed by atoms with Crippen LogP contribution in [0, 0.1) is 51.2 Å². The molecule has 0 nitrogen and oxygen atoms in total. The summed E-state index contributed by atoms with van der Waals surface area (Å²) in [7, 11) is 0. The van der Waals surface area contributed by atoms with E-state index in [1.807, 2.05) is 0 Å². The molecule has 0 heterocycles. The molecule has 3 heteroatoms. The van der Waals surface area contributed by atoms with Crippen molar-refractivity contribution in [3.63, 3.8) is 0 Å². The average Bonchev–Trinajstić information content (AvgIpc) is 3.58. The van der Waals surface area contributed by atoms with Gasteiger partial charge in [0.25, 0.3) is 0 Å². The first-order chi connectivity index (χ1) is 22.1. The molecule has 0 saturated heterocycles. The number of benzene rings is 1. The number of fused-ring (bicyclic) bond motifs is 4. The maximum absolute atomic E-state index is 5.66. The van der Waals surface area contributed by atoms with Gasteiger partial charge >= 0.3 is 297 Å². The van der Waals surface area contributed by atoms with Gasteiger partial charge in [-0.05, 0) is 0 Å². The second-order valence-electron chi connectivity index (χ2n) is 20.4. The van der Waals surface area contributed by atoms with Crippen LogP contribution in [0.15, 0.2) is 109 Å². The van der Waals surface area contributed by atoms with Crippen LogP contribution < -0.4 is 3.27 Å². The summed E-state index contributed by atoms with van der Waals surface area (Å²) >= 11 is -4.17. The summed E-state index contributed by atoms with van der Waals surface area (Å²) in [5, 5.41) is 0. The predicted molar refractivity (Wildman–Crippen MR) is 222 cm³/mol. The first-order valence-corrected chi connectivity index (χ1v) is 27.3. The van der Waals surface area contributed by atoms with Crippen molar-refractivity contribution < 1.29 is 18.3 Å². The van der Waals surface area contributed by atoms with Crippen LogP contribution in [-0.4, -0.2) is 4.21 Å². The van der Waals surface area contributed by atoms with Crippen molar-refractivity contribution in [3.8, 4) is 0 Å². The van der Waals surface area contributed by atoms with E-state index in [1.54, 1.807) is 34.4 Å². The van der Waals surface area contributed by atoms with Gasteiger partial charge in [0.1, 0.15) is 0 Å². The molecule has 7 rings (SSSR count). The summed E-state index contributed by atoms with van der Waals surface area (Å²) in [5.74, 6) is 3.03. The van der Waals surface area contributed by atoms with Gasteiger partial charge in [-0.25, -0.2) is 0 Å². The van der Waals surface area contributed by atoms with Crippen LogP contribution in [0.25, 0.3) is 0 Å². The molecule has 0 spiro atoms. The molecule has 1 aromatic rings. The average molecular weight is 793 g/mol. The Balaban J connectivity index is 0.00000243. The van der Waals surface area contributed by atoms with Gasteiger partial charge in [0.05, 0.1) is 0 Å². The van der Waals surface area contributed by atoms with Crippen LogP contribution in [0.3, 0.4) is 0 Å². The Morgan fingerprint density at radius 1 is 0.800 bits per heavy atom. The topological polar surface area (TPSA) is 0 Å². The molecule has 50 heavy (non-hydrogen) atoms. The molecular formula is C47H66Cl2Zr. The van der Waals surface area contributed by atoms with Gasteiger partial charge < -0.3 is 0 Å². The van der Waals surface area contributed by atoms with E-state index in [9.17, 15) is 0 Å². The van der Waals surface area contributed by atoms with Gasteiger partial charge in [-0.1, -0.05) is 0 Å².